The zero-order valence-electron chi connectivity index (χ0n) is 14.5. The summed E-state index contributed by atoms with van der Waals surface area (Å²) in [6.07, 6.45) is 1.37. The van der Waals surface area contributed by atoms with E-state index in [0.29, 0.717) is 24.3 Å². The van der Waals surface area contributed by atoms with Gasteiger partial charge in [-0.3, -0.25) is 9.36 Å². The van der Waals surface area contributed by atoms with Crippen molar-refractivity contribution in [1.29, 1.82) is 0 Å². The lowest BCUT2D eigenvalue weighted by Gasteiger charge is -2.26. The SMILES string of the molecule is Cc1ccc(-c2csc3ncn(C[C@@H]4COc5ccccc5O4)c(=O)c23)s1. The molecule has 0 bridgehead atoms. The maximum Gasteiger partial charge on any atom is 0.262 e. The molecule has 1 atom stereocenters. The Bertz CT molecular complexity index is 1190. The highest BCUT2D eigenvalue weighted by Gasteiger charge is 2.22. The van der Waals surface area contributed by atoms with Crippen LogP contribution in [0.15, 0.2) is 52.9 Å². The van der Waals surface area contributed by atoms with Gasteiger partial charge in [0.15, 0.2) is 17.6 Å². The van der Waals surface area contributed by atoms with Crippen molar-refractivity contribution in [3.8, 4) is 21.9 Å². The molecule has 4 aromatic rings. The summed E-state index contributed by atoms with van der Waals surface area (Å²) in [6.45, 7) is 2.87. The first kappa shape index (κ1) is 16.5. The Morgan fingerprint density at radius 2 is 2.07 bits per heavy atom. The van der Waals surface area contributed by atoms with Gasteiger partial charge in [-0.1, -0.05) is 12.1 Å². The molecule has 1 aliphatic rings. The Kier molecular flexibility index (Phi) is 3.98. The lowest BCUT2D eigenvalue weighted by atomic mass is 10.2. The molecule has 1 aromatic carbocycles. The number of fused-ring (bicyclic) bond motifs is 2. The Morgan fingerprint density at radius 3 is 2.89 bits per heavy atom. The van der Waals surface area contributed by atoms with Crippen LogP contribution in [0.2, 0.25) is 0 Å². The molecular weight excluding hydrogens is 380 g/mol. The summed E-state index contributed by atoms with van der Waals surface area (Å²) in [7, 11) is 0. The quantitative estimate of drug-likeness (QED) is 0.517. The van der Waals surface area contributed by atoms with Crippen molar-refractivity contribution in [3.63, 3.8) is 0 Å². The number of rotatable bonds is 3. The summed E-state index contributed by atoms with van der Waals surface area (Å²) >= 11 is 3.19. The number of hydrogen-bond donors (Lipinski definition) is 0. The van der Waals surface area contributed by atoms with Gasteiger partial charge in [0, 0.05) is 20.7 Å². The fraction of sp³-hybridized carbons (Fsp3) is 0.200. The largest absolute Gasteiger partial charge is 0.486 e. The first-order valence-corrected chi connectivity index (χ1v) is 10.3. The predicted molar refractivity (Wildman–Crippen MR) is 108 cm³/mol. The summed E-state index contributed by atoms with van der Waals surface area (Å²) in [6, 6.07) is 11.7. The van der Waals surface area contributed by atoms with Gasteiger partial charge in [0.1, 0.15) is 11.4 Å². The monoisotopic (exact) mass is 396 g/mol. The van der Waals surface area contributed by atoms with E-state index < -0.39 is 0 Å². The van der Waals surface area contributed by atoms with Crippen molar-refractivity contribution in [3.05, 3.63) is 63.3 Å². The summed E-state index contributed by atoms with van der Waals surface area (Å²) in [5, 5.41) is 2.70. The molecule has 0 radical (unpaired) electrons. The molecule has 3 aromatic heterocycles. The van der Waals surface area contributed by atoms with Crippen molar-refractivity contribution >= 4 is 32.9 Å². The molecular formula is C20H16N2O3S2. The van der Waals surface area contributed by atoms with Crippen LogP contribution in [0, 0.1) is 6.92 Å². The number of hydrogen-bond acceptors (Lipinski definition) is 6. The molecule has 0 N–H and O–H groups in total. The number of thiophene rings is 2. The minimum atomic E-state index is -0.233. The summed E-state index contributed by atoms with van der Waals surface area (Å²) in [5.41, 5.74) is 0.927. The van der Waals surface area contributed by atoms with Crippen LogP contribution in [-0.2, 0) is 6.54 Å². The van der Waals surface area contributed by atoms with Gasteiger partial charge in [0.05, 0.1) is 18.3 Å². The van der Waals surface area contributed by atoms with Crippen LogP contribution < -0.4 is 15.0 Å². The third kappa shape index (κ3) is 2.93. The zero-order chi connectivity index (χ0) is 18.4. The zero-order valence-corrected chi connectivity index (χ0v) is 16.2. The van der Waals surface area contributed by atoms with E-state index in [-0.39, 0.29) is 11.7 Å². The standard InChI is InChI=1S/C20H16N2O3S2/c1-12-6-7-17(27-12)14-10-26-19-18(14)20(23)22(11-21-19)8-13-9-24-15-4-2-3-5-16(15)25-13/h2-7,10-11,13H,8-9H2,1H3/t13-/m1/s1. The van der Waals surface area contributed by atoms with Crippen LogP contribution in [0.3, 0.4) is 0 Å². The van der Waals surface area contributed by atoms with E-state index in [2.05, 4.69) is 24.0 Å². The molecule has 0 saturated heterocycles. The van der Waals surface area contributed by atoms with Crippen LogP contribution in [0.5, 0.6) is 11.5 Å². The molecule has 5 nitrogen and oxygen atoms in total. The Hall–Kier alpha value is -2.64. The van der Waals surface area contributed by atoms with E-state index in [1.54, 1.807) is 22.2 Å². The lowest BCUT2D eigenvalue weighted by Crippen LogP contribution is -2.36. The highest BCUT2D eigenvalue weighted by Crippen LogP contribution is 2.35. The van der Waals surface area contributed by atoms with Gasteiger partial charge in [0.2, 0.25) is 0 Å². The molecule has 0 unspecified atom stereocenters. The average molecular weight is 396 g/mol. The maximum absolute atomic E-state index is 13.1. The molecule has 4 heterocycles. The molecule has 0 spiro atoms. The normalized spacial score (nSPS) is 16.0. The number of benzene rings is 1. The molecule has 5 rings (SSSR count). The topological polar surface area (TPSA) is 53.4 Å². The van der Waals surface area contributed by atoms with Gasteiger partial charge in [-0.2, -0.15) is 0 Å². The minimum absolute atomic E-state index is 0.0373. The Balaban J connectivity index is 1.50. The molecule has 27 heavy (non-hydrogen) atoms. The van der Waals surface area contributed by atoms with E-state index in [4.69, 9.17) is 9.47 Å². The van der Waals surface area contributed by atoms with Crippen molar-refractivity contribution in [2.75, 3.05) is 6.61 Å². The predicted octanol–water partition coefficient (Wildman–Crippen LogP) is 4.33. The van der Waals surface area contributed by atoms with Crippen LogP contribution in [-0.4, -0.2) is 22.3 Å². The van der Waals surface area contributed by atoms with E-state index in [9.17, 15) is 4.79 Å². The van der Waals surface area contributed by atoms with Gasteiger partial charge in [0.25, 0.3) is 5.56 Å². The summed E-state index contributed by atoms with van der Waals surface area (Å²) in [4.78, 5) is 20.7. The third-order valence-electron chi connectivity index (χ3n) is 4.53. The molecule has 0 amide bonds. The first-order valence-electron chi connectivity index (χ1n) is 8.61. The number of para-hydroxylation sites is 2. The van der Waals surface area contributed by atoms with Crippen molar-refractivity contribution in [2.24, 2.45) is 0 Å². The van der Waals surface area contributed by atoms with Gasteiger partial charge in [-0.05, 0) is 31.2 Å². The van der Waals surface area contributed by atoms with Crippen LogP contribution >= 0.6 is 22.7 Å². The van der Waals surface area contributed by atoms with Crippen LogP contribution in [0.1, 0.15) is 4.88 Å². The minimum Gasteiger partial charge on any atom is -0.486 e. The molecule has 136 valence electrons. The van der Waals surface area contributed by atoms with Crippen molar-refractivity contribution in [1.82, 2.24) is 9.55 Å². The highest BCUT2D eigenvalue weighted by atomic mass is 32.1. The summed E-state index contributed by atoms with van der Waals surface area (Å²) in [5.74, 6) is 1.45. The number of aromatic nitrogens is 2. The third-order valence-corrected chi connectivity index (χ3v) is 6.45. The van der Waals surface area contributed by atoms with E-state index in [1.807, 2.05) is 29.6 Å². The average Bonchev–Trinajstić information content (AvgIpc) is 3.30. The molecule has 0 saturated carbocycles. The Labute approximate surface area is 163 Å². The molecule has 7 heteroatoms. The van der Waals surface area contributed by atoms with Gasteiger partial charge < -0.3 is 9.47 Å². The number of ether oxygens (including phenoxy) is 2. The molecule has 0 aliphatic carbocycles. The number of aryl methyl sites for hydroxylation is 1. The van der Waals surface area contributed by atoms with E-state index in [1.165, 1.54) is 16.2 Å². The first-order chi connectivity index (χ1) is 13.2. The van der Waals surface area contributed by atoms with E-state index in [0.717, 1.165) is 21.0 Å². The second-order valence-electron chi connectivity index (χ2n) is 6.44. The van der Waals surface area contributed by atoms with Gasteiger partial charge in [-0.15, -0.1) is 22.7 Å². The van der Waals surface area contributed by atoms with Crippen LogP contribution in [0.4, 0.5) is 0 Å². The number of nitrogens with zero attached hydrogens (tertiary/aromatic N) is 2. The fourth-order valence-electron chi connectivity index (χ4n) is 3.23. The second kappa shape index (κ2) is 6.51. The smallest absolute Gasteiger partial charge is 0.262 e. The lowest BCUT2D eigenvalue weighted by molar-refractivity contribution is 0.0777. The van der Waals surface area contributed by atoms with Gasteiger partial charge in [-0.25, -0.2) is 4.98 Å². The van der Waals surface area contributed by atoms with E-state index >= 15 is 0 Å². The summed E-state index contributed by atoms with van der Waals surface area (Å²) < 4.78 is 13.4. The highest BCUT2D eigenvalue weighted by molar-refractivity contribution is 7.19. The van der Waals surface area contributed by atoms with Gasteiger partial charge >= 0.3 is 0 Å². The molecule has 1 aliphatic heterocycles. The Morgan fingerprint density at radius 1 is 1.22 bits per heavy atom. The fourth-order valence-corrected chi connectivity index (χ4v) is 5.09. The van der Waals surface area contributed by atoms with Crippen LogP contribution in [0.25, 0.3) is 20.7 Å². The van der Waals surface area contributed by atoms with Crippen molar-refractivity contribution < 1.29 is 9.47 Å². The second-order valence-corrected chi connectivity index (χ2v) is 8.59. The molecule has 0 fully saturated rings. The maximum atomic E-state index is 13.1. The van der Waals surface area contributed by atoms with Crippen molar-refractivity contribution in [2.45, 2.75) is 19.6 Å².